The van der Waals surface area contributed by atoms with E-state index in [2.05, 4.69) is 0 Å². The fourth-order valence-electron chi connectivity index (χ4n) is 3.14. The summed E-state index contributed by atoms with van der Waals surface area (Å²) in [5.41, 5.74) is 4.78. The number of carbonyl (C=O) groups is 3. The van der Waals surface area contributed by atoms with Crippen molar-refractivity contribution in [3.8, 4) is 11.5 Å². The number of benzene rings is 2. The molecule has 166 valence electrons. The molecule has 0 aliphatic heterocycles. The molecule has 2 amide bonds. The Bertz CT molecular complexity index is 933. The van der Waals surface area contributed by atoms with Gasteiger partial charge in [0, 0.05) is 19.4 Å². The van der Waals surface area contributed by atoms with Crippen LogP contribution in [-0.4, -0.2) is 52.3 Å². The number of nitrogens with two attached hydrogens (primary N) is 1. The van der Waals surface area contributed by atoms with Crippen molar-refractivity contribution in [2.24, 2.45) is 5.73 Å². The van der Waals surface area contributed by atoms with Crippen LogP contribution in [0.2, 0.25) is 0 Å². The highest BCUT2D eigenvalue weighted by Gasteiger charge is 2.47. The van der Waals surface area contributed by atoms with Crippen LogP contribution >= 0.6 is 0 Å². The first-order valence-corrected chi connectivity index (χ1v) is 9.56. The van der Waals surface area contributed by atoms with Crippen LogP contribution in [0, 0.1) is 0 Å². The molecule has 0 saturated heterocycles. The molecule has 2 aromatic carbocycles. The third-order valence-electron chi connectivity index (χ3n) is 4.70. The summed E-state index contributed by atoms with van der Waals surface area (Å²) in [4.78, 5) is 39.2. The van der Waals surface area contributed by atoms with Crippen LogP contribution < -0.4 is 5.73 Å². The van der Waals surface area contributed by atoms with Crippen molar-refractivity contribution in [2.45, 2.75) is 31.9 Å². The van der Waals surface area contributed by atoms with Crippen LogP contribution in [0.1, 0.15) is 24.5 Å². The zero-order valence-corrected chi connectivity index (χ0v) is 17.4. The van der Waals surface area contributed by atoms with Gasteiger partial charge in [-0.25, -0.2) is 14.5 Å². The van der Waals surface area contributed by atoms with Gasteiger partial charge < -0.3 is 25.4 Å². The molecular weight excluding hydrogens is 404 g/mol. The van der Waals surface area contributed by atoms with Crippen LogP contribution in [0.3, 0.4) is 0 Å². The Morgan fingerprint density at radius 3 is 2.29 bits per heavy atom. The van der Waals surface area contributed by atoms with Crippen LogP contribution in [-0.2, 0) is 32.1 Å². The monoisotopic (exact) mass is 430 g/mol. The average Bonchev–Trinajstić information content (AvgIpc) is 2.75. The second kappa shape index (κ2) is 10.4. The van der Waals surface area contributed by atoms with E-state index in [9.17, 15) is 24.6 Å². The first kappa shape index (κ1) is 23.7. The van der Waals surface area contributed by atoms with Gasteiger partial charge in [0.15, 0.2) is 17.0 Å². The van der Waals surface area contributed by atoms with E-state index in [1.807, 2.05) is 6.07 Å². The van der Waals surface area contributed by atoms with Crippen molar-refractivity contribution in [1.29, 1.82) is 0 Å². The SMILES string of the molecule is COC(=O)[C@](C)(Cc1ccc(O)c(O)c1)N(C(=O)CCN)C(=O)OCc1ccccc1. The molecule has 0 fully saturated rings. The smallest absolute Gasteiger partial charge is 0.417 e. The lowest BCUT2D eigenvalue weighted by Crippen LogP contribution is -2.59. The molecule has 0 radical (unpaired) electrons. The number of carbonyl (C=O) groups excluding carboxylic acids is 3. The van der Waals surface area contributed by atoms with Gasteiger partial charge in [-0.15, -0.1) is 0 Å². The van der Waals surface area contributed by atoms with Crippen LogP contribution in [0.5, 0.6) is 11.5 Å². The summed E-state index contributed by atoms with van der Waals surface area (Å²) in [6.45, 7) is 1.21. The number of hydrogen-bond acceptors (Lipinski definition) is 8. The molecule has 0 saturated carbocycles. The van der Waals surface area contributed by atoms with E-state index in [0.29, 0.717) is 16.0 Å². The molecule has 9 nitrogen and oxygen atoms in total. The van der Waals surface area contributed by atoms with E-state index in [-0.39, 0.29) is 31.7 Å². The minimum atomic E-state index is -1.79. The number of aromatic hydroxyl groups is 2. The predicted molar refractivity (Wildman–Crippen MR) is 111 cm³/mol. The largest absolute Gasteiger partial charge is 0.504 e. The van der Waals surface area contributed by atoms with Crippen molar-refractivity contribution in [3.05, 3.63) is 59.7 Å². The Kier molecular flexibility index (Phi) is 7.98. The van der Waals surface area contributed by atoms with Gasteiger partial charge in [0.1, 0.15) is 6.61 Å². The lowest BCUT2D eigenvalue weighted by Gasteiger charge is -2.36. The number of phenols is 2. The van der Waals surface area contributed by atoms with Crippen LogP contribution in [0.15, 0.2) is 48.5 Å². The van der Waals surface area contributed by atoms with Crippen LogP contribution in [0.4, 0.5) is 4.79 Å². The Hall–Kier alpha value is -3.59. The van der Waals surface area contributed by atoms with Crippen molar-refractivity contribution < 1.29 is 34.1 Å². The summed E-state index contributed by atoms with van der Waals surface area (Å²) in [5.74, 6) is -2.32. The van der Waals surface area contributed by atoms with Gasteiger partial charge in [-0.1, -0.05) is 36.4 Å². The Balaban J connectivity index is 2.40. The Labute approximate surface area is 180 Å². The van der Waals surface area contributed by atoms with E-state index in [1.54, 1.807) is 24.3 Å². The number of esters is 1. The molecule has 9 heteroatoms. The zero-order valence-electron chi connectivity index (χ0n) is 17.4. The topological polar surface area (TPSA) is 139 Å². The maximum Gasteiger partial charge on any atom is 0.417 e. The standard InChI is InChI=1S/C22H26N2O7/c1-22(20(28)30-2,13-16-8-9-17(25)18(26)12-16)24(19(27)10-11-23)21(29)31-14-15-6-4-3-5-7-15/h3-9,12,25-26H,10-11,13-14,23H2,1-2H3/t22-/m0/s1. The molecule has 31 heavy (non-hydrogen) atoms. The first-order valence-electron chi connectivity index (χ1n) is 9.56. The van der Waals surface area contributed by atoms with E-state index in [1.165, 1.54) is 25.1 Å². The summed E-state index contributed by atoms with van der Waals surface area (Å²) in [5, 5.41) is 19.3. The van der Waals surface area contributed by atoms with Crippen molar-refractivity contribution in [2.75, 3.05) is 13.7 Å². The van der Waals surface area contributed by atoms with Gasteiger partial charge in [-0.3, -0.25) is 4.79 Å². The summed E-state index contributed by atoms with van der Waals surface area (Å²) in [6, 6.07) is 12.8. The quantitative estimate of drug-likeness (QED) is 0.427. The number of hydrogen-bond donors (Lipinski definition) is 3. The summed E-state index contributed by atoms with van der Waals surface area (Å²) < 4.78 is 10.2. The third-order valence-corrected chi connectivity index (χ3v) is 4.70. The molecule has 1 atom stereocenters. The normalized spacial score (nSPS) is 12.5. The molecule has 2 aromatic rings. The Morgan fingerprint density at radius 1 is 1.03 bits per heavy atom. The van der Waals surface area contributed by atoms with Gasteiger partial charge >= 0.3 is 12.1 Å². The lowest BCUT2D eigenvalue weighted by molar-refractivity contribution is -0.159. The Morgan fingerprint density at radius 2 is 1.71 bits per heavy atom. The average molecular weight is 430 g/mol. The predicted octanol–water partition coefficient (Wildman–Crippen LogP) is 2.09. The first-order chi connectivity index (χ1) is 14.7. The number of ether oxygens (including phenoxy) is 2. The molecule has 0 heterocycles. The highest BCUT2D eigenvalue weighted by Crippen LogP contribution is 2.30. The maximum absolute atomic E-state index is 13.0. The minimum Gasteiger partial charge on any atom is -0.504 e. The number of imide groups is 1. The summed E-state index contributed by atoms with van der Waals surface area (Å²) in [6.07, 6.45) is -1.42. The second-order valence-corrected chi connectivity index (χ2v) is 7.07. The number of rotatable bonds is 8. The molecule has 4 N–H and O–H groups in total. The second-order valence-electron chi connectivity index (χ2n) is 7.07. The molecule has 0 bridgehead atoms. The summed E-state index contributed by atoms with van der Waals surface area (Å²) in [7, 11) is 1.13. The van der Waals surface area contributed by atoms with E-state index < -0.39 is 29.3 Å². The molecule has 0 aromatic heterocycles. The maximum atomic E-state index is 13.0. The van der Waals surface area contributed by atoms with Crippen LogP contribution in [0.25, 0.3) is 0 Å². The third kappa shape index (κ3) is 5.73. The van der Waals surface area contributed by atoms with E-state index >= 15 is 0 Å². The highest BCUT2D eigenvalue weighted by molar-refractivity contribution is 5.99. The number of phenolic OH excluding ortho intramolecular Hbond substituents is 2. The summed E-state index contributed by atoms with van der Waals surface area (Å²) >= 11 is 0. The van der Waals surface area contributed by atoms with E-state index in [0.717, 1.165) is 7.11 Å². The van der Waals surface area contributed by atoms with Crippen molar-refractivity contribution in [1.82, 2.24) is 4.90 Å². The van der Waals surface area contributed by atoms with Gasteiger partial charge in [-0.2, -0.15) is 0 Å². The number of amides is 2. The van der Waals surface area contributed by atoms with Gasteiger partial charge in [0.25, 0.3) is 0 Å². The molecule has 0 unspecified atom stereocenters. The number of nitrogens with zero attached hydrogens (tertiary/aromatic N) is 1. The molecule has 0 aliphatic rings. The van der Waals surface area contributed by atoms with Gasteiger partial charge in [-0.05, 0) is 30.2 Å². The fraction of sp³-hybridized carbons (Fsp3) is 0.318. The lowest BCUT2D eigenvalue weighted by atomic mass is 9.90. The molecule has 2 rings (SSSR count). The minimum absolute atomic E-state index is 0.0431. The molecule has 0 spiro atoms. The molecule has 0 aliphatic carbocycles. The molecular formula is C22H26N2O7. The fourth-order valence-corrected chi connectivity index (χ4v) is 3.14. The van der Waals surface area contributed by atoms with Crippen molar-refractivity contribution in [3.63, 3.8) is 0 Å². The van der Waals surface area contributed by atoms with Gasteiger partial charge in [0.05, 0.1) is 7.11 Å². The van der Waals surface area contributed by atoms with E-state index in [4.69, 9.17) is 15.2 Å². The zero-order chi connectivity index (χ0) is 23.0. The van der Waals surface area contributed by atoms with Gasteiger partial charge in [0.2, 0.25) is 5.91 Å². The highest BCUT2D eigenvalue weighted by atomic mass is 16.6. The van der Waals surface area contributed by atoms with Crippen molar-refractivity contribution >= 4 is 18.0 Å². The number of methoxy groups -OCH3 is 1.